The molecule has 2 unspecified atom stereocenters. The first kappa shape index (κ1) is 13.4. The van der Waals surface area contributed by atoms with Crippen LogP contribution in [0.2, 0.25) is 0 Å². The zero-order valence-corrected chi connectivity index (χ0v) is 10.8. The Labute approximate surface area is 111 Å². The minimum Gasteiger partial charge on any atom is -0.494 e. The molecule has 1 saturated heterocycles. The predicted molar refractivity (Wildman–Crippen MR) is 69.2 cm³/mol. The van der Waals surface area contributed by atoms with Gasteiger partial charge < -0.3 is 15.2 Å². The molecule has 5 nitrogen and oxygen atoms in total. The van der Waals surface area contributed by atoms with Gasteiger partial charge in [-0.2, -0.15) is 0 Å². The molecule has 5 heteroatoms. The van der Waals surface area contributed by atoms with Gasteiger partial charge in [-0.05, 0) is 24.1 Å². The number of ether oxygens (including phenoxy) is 1. The Hall–Kier alpha value is -2.04. The quantitative estimate of drug-likeness (QED) is 0.844. The number of hydrogen-bond donors (Lipinski definition) is 2. The Bertz CT molecular complexity index is 486. The maximum atomic E-state index is 11.4. The molecule has 1 aliphatic heterocycles. The fraction of sp³-hybridized carbons (Fsp3) is 0.429. The third kappa shape index (κ3) is 3.05. The van der Waals surface area contributed by atoms with Crippen molar-refractivity contribution >= 4 is 11.9 Å². The lowest BCUT2D eigenvalue weighted by Crippen LogP contribution is -2.36. The second-order valence-corrected chi connectivity index (χ2v) is 4.61. The molecule has 1 heterocycles. The highest BCUT2D eigenvalue weighted by Crippen LogP contribution is 2.30. The maximum absolute atomic E-state index is 11.4. The summed E-state index contributed by atoms with van der Waals surface area (Å²) in [4.78, 5) is 22.5. The highest BCUT2D eigenvalue weighted by molar-refractivity contribution is 5.89. The number of hydrogen-bond acceptors (Lipinski definition) is 3. The molecule has 0 aliphatic carbocycles. The lowest BCUT2D eigenvalue weighted by Gasteiger charge is -2.16. The first-order valence-electron chi connectivity index (χ1n) is 6.36. The molecule has 102 valence electrons. The van der Waals surface area contributed by atoms with E-state index in [0.717, 1.165) is 12.0 Å². The minimum atomic E-state index is -1.00. The first-order chi connectivity index (χ1) is 9.11. The van der Waals surface area contributed by atoms with Crippen LogP contribution in [0.5, 0.6) is 5.75 Å². The molecule has 1 aromatic carbocycles. The number of benzene rings is 1. The van der Waals surface area contributed by atoms with Crippen molar-refractivity contribution in [2.75, 3.05) is 6.61 Å². The minimum absolute atomic E-state index is 0.203. The molecular formula is C14H17NO4. The zero-order valence-electron chi connectivity index (χ0n) is 10.8. The number of carbonyl (C=O) groups is 2. The van der Waals surface area contributed by atoms with Gasteiger partial charge in [0.1, 0.15) is 11.8 Å². The summed E-state index contributed by atoms with van der Waals surface area (Å²) >= 11 is 0. The van der Waals surface area contributed by atoms with Crippen LogP contribution in [-0.2, 0) is 9.59 Å². The molecule has 19 heavy (non-hydrogen) atoms. The van der Waals surface area contributed by atoms with E-state index in [-0.39, 0.29) is 18.2 Å². The lowest BCUT2D eigenvalue weighted by atomic mass is 9.92. The normalized spacial score (nSPS) is 22.1. The van der Waals surface area contributed by atoms with Crippen LogP contribution in [0.1, 0.15) is 31.2 Å². The molecule has 2 atom stereocenters. The summed E-state index contributed by atoms with van der Waals surface area (Å²) in [7, 11) is 0. The molecule has 0 aromatic heterocycles. The van der Waals surface area contributed by atoms with E-state index in [1.54, 1.807) is 0 Å². The molecule has 1 aliphatic rings. The summed E-state index contributed by atoms with van der Waals surface area (Å²) in [5.74, 6) is -0.856. The van der Waals surface area contributed by atoms with Crippen LogP contribution in [-0.4, -0.2) is 29.6 Å². The molecule has 2 N–H and O–H groups in total. The molecule has 2 rings (SSSR count). The monoisotopic (exact) mass is 263 g/mol. The second-order valence-electron chi connectivity index (χ2n) is 4.61. The van der Waals surface area contributed by atoms with Crippen LogP contribution in [0.15, 0.2) is 24.3 Å². The maximum Gasteiger partial charge on any atom is 0.326 e. The van der Waals surface area contributed by atoms with Gasteiger partial charge in [0.2, 0.25) is 5.91 Å². The van der Waals surface area contributed by atoms with Gasteiger partial charge >= 0.3 is 5.97 Å². The van der Waals surface area contributed by atoms with Crippen LogP contribution in [0.25, 0.3) is 0 Å². The smallest absolute Gasteiger partial charge is 0.326 e. The summed E-state index contributed by atoms with van der Waals surface area (Å²) < 4.78 is 5.53. The van der Waals surface area contributed by atoms with E-state index in [4.69, 9.17) is 9.84 Å². The summed E-state index contributed by atoms with van der Waals surface area (Å²) in [6, 6.07) is 6.45. The number of carboxylic acids is 1. The number of nitrogens with one attached hydrogen (secondary N) is 1. The van der Waals surface area contributed by atoms with Crippen molar-refractivity contribution in [3.8, 4) is 5.75 Å². The van der Waals surface area contributed by atoms with E-state index in [1.165, 1.54) is 0 Å². The molecule has 1 aromatic rings. The molecule has 0 radical (unpaired) electrons. The van der Waals surface area contributed by atoms with Crippen molar-refractivity contribution < 1.29 is 19.4 Å². The number of carbonyl (C=O) groups excluding carboxylic acids is 1. The zero-order chi connectivity index (χ0) is 13.8. The van der Waals surface area contributed by atoms with Gasteiger partial charge in [-0.1, -0.05) is 19.1 Å². The number of amides is 1. The Morgan fingerprint density at radius 1 is 1.53 bits per heavy atom. The van der Waals surface area contributed by atoms with Crippen LogP contribution >= 0.6 is 0 Å². The molecule has 0 saturated carbocycles. The van der Waals surface area contributed by atoms with E-state index in [9.17, 15) is 9.59 Å². The van der Waals surface area contributed by atoms with Crippen molar-refractivity contribution in [2.45, 2.75) is 31.7 Å². The van der Waals surface area contributed by atoms with Crippen molar-refractivity contribution in [3.63, 3.8) is 0 Å². The second kappa shape index (κ2) is 5.73. The van der Waals surface area contributed by atoms with Gasteiger partial charge in [0.25, 0.3) is 0 Å². The van der Waals surface area contributed by atoms with Crippen LogP contribution in [0, 0.1) is 0 Å². The molecular weight excluding hydrogens is 246 g/mol. The topological polar surface area (TPSA) is 75.6 Å². The van der Waals surface area contributed by atoms with Gasteiger partial charge in [0, 0.05) is 12.3 Å². The van der Waals surface area contributed by atoms with Crippen molar-refractivity contribution in [2.24, 2.45) is 0 Å². The standard InChI is InChI=1S/C14H17NO4/c1-2-6-19-10-5-3-4-9(7-10)11-8-12(16)15-13(11)14(17)18/h3-5,7,11,13H,2,6,8H2,1H3,(H,15,16)(H,17,18). The van der Waals surface area contributed by atoms with Crippen LogP contribution < -0.4 is 10.1 Å². The highest BCUT2D eigenvalue weighted by Gasteiger charge is 2.38. The van der Waals surface area contributed by atoms with Crippen molar-refractivity contribution in [1.82, 2.24) is 5.32 Å². The Morgan fingerprint density at radius 2 is 2.32 bits per heavy atom. The fourth-order valence-electron chi connectivity index (χ4n) is 2.25. The van der Waals surface area contributed by atoms with E-state index in [1.807, 2.05) is 31.2 Å². The summed E-state index contributed by atoms with van der Waals surface area (Å²) in [6.45, 7) is 2.64. The van der Waals surface area contributed by atoms with Gasteiger partial charge in [0.05, 0.1) is 6.61 Å². The summed E-state index contributed by atoms with van der Waals surface area (Å²) in [5.41, 5.74) is 0.819. The van der Waals surface area contributed by atoms with Gasteiger partial charge in [-0.3, -0.25) is 4.79 Å². The summed E-state index contributed by atoms with van der Waals surface area (Å²) in [6.07, 6.45) is 1.11. The Kier molecular flexibility index (Phi) is 4.04. The molecule has 0 bridgehead atoms. The van der Waals surface area contributed by atoms with E-state index >= 15 is 0 Å². The number of rotatable bonds is 5. The van der Waals surface area contributed by atoms with E-state index in [2.05, 4.69) is 5.32 Å². The van der Waals surface area contributed by atoms with Crippen molar-refractivity contribution in [1.29, 1.82) is 0 Å². The van der Waals surface area contributed by atoms with Gasteiger partial charge in [-0.25, -0.2) is 4.79 Å². The fourth-order valence-corrected chi connectivity index (χ4v) is 2.25. The van der Waals surface area contributed by atoms with E-state index < -0.39 is 12.0 Å². The Balaban J connectivity index is 2.20. The largest absolute Gasteiger partial charge is 0.494 e. The summed E-state index contributed by atoms with van der Waals surface area (Å²) in [5, 5.41) is 11.6. The molecule has 1 amide bonds. The van der Waals surface area contributed by atoms with Crippen molar-refractivity contribution in [3.05, 3.63) is 29.8 Å². The first-order valence-corrected chi connectivity index (χ1v) is 6.36. The van der Waals surface area contributed by atoms with E-state index in [0.29, 0.717) is 12.4 Å². The average molecular weight is 263 g/mol. The molecule has 0 spiro atoms. The third-order valence-corrected chi connectivity index (χ3v) is 3.15. The van der Waals surface area contributed by atoms with Crippen LogP contribution in [0.4, 0.5) is 0 Å². The molecule has 1 fully saturated rings. The van der Waals surface area contributed by atoms with Gasteiger partial charge in [0.15, 0.2) is 0 Å². The highest BCUT2D eigenvalue weighted by atomic mass is 16.5. The SMILES string of the molecule is CCCOc1cccc(C2CC(=O)NC2C(=O)O)c1. The third-order valence-electron chi connectivity index (χ3n) is 3.15. The average Bonchev–Trinajstić information content (AvgIpc) is 2.79. The number of aliphatic carboxylic acids is 1. The van der Waals surface area contributed by atoms with Crippen LogP contribution in [0.3, 0.4) is 0 Å². The Morgan fingerprint density at radius 3 is 3.00 bits per heavy atom. The predicted octanol–water partition coefficient (Wildman–Crippen LogP) is 1.53. The lowest BCUT2D eigenvalue weighted by molar-refractivity contribution is -0.140. The number of carboxylic acid groups (broad SMARTS) is 1. The van der Waals surface area contributed by atoms with Gasteiger partial charge in [-0.15, -0.1) is 0 Å².